The molecule has 1 aromatic carbocycles. The van der Waals surface area contributed by atoms with Gasteiger partial charge in [-0.25, -0.2) is 13.1 Å². The van der Waals surface area contributed by atoms with Gasteiger partial charge in [0.15, 0.2) is 0 Å². The lowest BCUT2D eigenvalue weighted by Gasteiger charge is -2.36. The van der Waals surface area contributed by atoms with Gasteiger partial charge < -0.3 is 10.2 Å². The Morgan fingerprint density at radius 1 is 1.21 bits per heavy atom. The van der Waals surface area contributed by atoms with Gasteiger partial charge in [0.2, 0.25) is 21.8 Å². The van der Waals surface area contributed by atoms with Gasteiger partial charge in [-0.05, 0) is 57.0 Å². The van der Waals surface area contributed by atoms with Crippen molar-refractivity contribution in [1.29, 1.82) is 0 Å². The number of unbranched alkanes of at least 4 members (excludes halogenated alkanes) is 1. The van der Waals surface area contributed by atoms with Crippen molar-refractivity contribution in [3.05, 3.63) is 35.9 Å². The van der Waals surface area contributed by atoms with E-state index in [2.05, 4.69) is 17.0 Å². The predicted molar refractivity (Wildman–Crippen MR) is 114 cm³/mol. The Hall–Kier alpha value is -2.19. The van der Waals surface area contributed by atoms with Gasteiger partial charge in [-0.1, -0.05) is 25.5 Å². The maximum atomic E-state index is 12.7. The van der Waals surface area contributed by atoms with Crippen molar-refractivity contribution < 1.29 is 18.0 Å². The Labute approximate surface area is 173 Å². The summed E-state index contributed by atoms with van der Waals surface area (Å²) in [7, 11) is -2.12. The third kappa shape index (κ3) is 6.40. The molecular formula is C21H31N3O4S. The molecule has 160 valence electrons. The number of likely N-dealkylation sites (tertiary alicyclic amines) is 1. The second-order valence-electron chi connectivity index (χ2n) is 7.37. The van der Waals surface area contributed by atoms with Gasteiger partial charge in [0, 0.05) is 25.2 Å². The van der Waals surface area contributed by atoms with E-state index in [-0.39, 0.29) is 28.7 Å². The van der Waals surface area contributed by atoms with E-state index in [4.69, 9.17) is 0 Å². The van der Waals surface area contributed by atoms with Crippen LogP contribution in [0.25, 0.3) is 6.08 Å². The number of hydrogen-bond donors (Lipinski definition) is 2. The number of benzene rings is 1. The van der Waals surface area contributed by atoms with Crippen LogP contribution in [0.4, 0.5) is 0 Å². The largest absolute Gasteiger partial charge is 0.356 e. The van der Waals surface area contributed by atoms with Crippen LogP contribution >= 0.6 is 0 Å². The molecule has 2 N–H and O–H groups in total. The van der Waals surface area contributed by atoms with Crippen LogP contribution in [0, 0.1) is 5.92 Å². The number of carbonyl (C=O) groups is 2. The summed E-state index contributed by atoms with van der Waals surface area (Å²) >= 11 is 0. The SMILES string of the molecule is CCCCNC(=O)C1CCC(C)N(C(=O)C=Cc2ccc(S(=O)(=O)NC)cc2)C1. The molecule has 1 heterocycles. The molecule has 2 rings (SSSR count). The Balaban J connectivity index is 2.00. The average molecular weight is 422 g/mol. The van der Waals surface area contributed by atoms with Gasteiger partial charge >= 0.3 is 0 Å². The summed E-state index contributed by atoms with van der Waals surface area (Å²) < 4.78 is 25.8. The lowest BCUT2D eigenvalue weighted by atomic mass is 9.92. The summed E-state index contributed by atoms with van der Waals surface area (Å²) in [6.45, 7) is 5.17. The van der Waals surface area contributed by atoms with Crippen molar-refractivity contribution in [2.75, 3.05) is 20.1 Å². The van der Waals surface area contributed by atoms with Crippen LogP contribution in [-0.2, 0) is 19.6 Å². The fourth-order valence-electron chi connectivity index (χ4n) is 3.30. The maximum Gasteiger partial charge on any atom is 0.246 e. The molecule has 0 aliphatic carbocycles. The molecule has 2 amide bonds. The fourth-order valence-corrected chi connectivity index (χ4v) is 4.03. The van der Waals surface area contributed by atoms with E-state index in [1.807, 2.05) is 6.92 Å². The zero-order valence-electron chi connectivity index (χ0n) is 17.3. The maximum absolute atomic E-state index is 12.7. The molecule has 0 spiro atoms. The highest BCUT2D eigenvalue weighted by atomic mass is 32.2. The molecule has 1 fully saturated rings. The summed E-state index contributed by atoms with van der Waals surface area (Å²) in [4.78, 5) is 26.9. The van der Waals surface area contributed by atoms with Crippen LogP contribution in [0.15, 0.2) is 35.2 Å². The smallest absolute Gasteiger partial charge is 0.246 e. The molecule has 0 bridgehead atoms. The van der Waals surface area contributed by atoms with Gasteiger partial charge in [0.25, 0.3) is 0 Å². The van der Waals surface area contributed by atoms with E-state index in [1.54, 1.807) is 23.1 Å². The van der Waals surface area contributed by atoms with Crippen molar-refractivity contribution >= 4 is 27.9 Å². The summed E-state index contributed by atoms with van der Waals surface area (Å²) in [5.74, 6) is -0.296. The van der Waals surface area contributed by atoms with Crippen LogP contribution < -0.4 is 10.0 Å². The lowest BCUT2D eigenvalue weighted by molar-refractivity contribution is -0.134. The zero-order valence-corrected chi connectivity index (χ0v) is 18.2. The van der Waals surface area contributed by atoms with E-state index in [1.165, 1.54) is 25.3 Å². The number of sulfonamides is 1. The van der Waals surface area contributed by atoms with Crippen molar-refractivity contribution in [1.82, 2.24) is 14.9 Å². The molecule has 0 radical (unpaired) electrons. The molecule has 8 heteroatoms. The van der Waals surface area contributed by atoms with Crippen molar-refractivity contribution in [2.24, 2.45) is 5.92 Å². The molecule has 0 aromatic heterocycles. The minimum atomic E-state index is -3.48. The van der Waals surface area contributed by atoms with Crippen molar-refractivity contribution in [2.45, 2.75) is 50.5 Å². The van der Waals surface area contributed by atoms with Crippen LogP contribution in [-0.4, -0.2) is 51.3 Å². The molecule has 1 aromatic rings. The van der Waals surface area contributed by atoms with Crippen molar-refractivity contribution in [3.8, 4) is 0 Å². The van der Waals surface area contributed by atoms with Crippen molar-refractivity contribution in [3.63, 3.8) is 0 Å². The van der Waals surface area contributed by atoms with E-state index >= 15 is 0 Å². The molecule has 2 atom stereocenters. The average Bonchev–Trinajstić information content (AvgIpc) is 2.72. The summed E-state index contributed by atoms with van der Waals surface area (Å²) in [6, 6.07) is 6.37. The molecule has 2 unspecified atom stereocenters. The number of carbonyl (C=O) groups excluding carboxylic acids is 2. The molecule has 0 saturated carbocycles. The number of piperidine rings is 1. The molecule has 1 saturated heterocycles. The Bertz CT molecular complexity index is 834. The summed E-state index contributed by atoms with van der Waals surface area (Å²) in [6.07, 6.45) is 6.70. The number of hydrogen-bond acceptors (Lipinski definition) is 4. The molecule has 1 aliphatic rings. The van der Waals surface area contributed by atoms with Gasteiger partial charge in [-0.3, -0.25) is 9.59 Å². The third-order valence-electron chi connectivity index (χ3n) is 5.24. The van der Waals surface area contributed by atoms with E-state index < -0.39 is 10.0 Å². The number of nitrogens with zero attached hydrogens (tertiary/aromatic N) is 1. The Kier molecular flexibility index (Phi) is 8.40. The van der Waals surface area contributed by atoms with E-state index in [0.29, 0.717) is 13.1 Å². The molecule has 29 heavy (non-hydrogen) atoms. The Morgan fingerprint density at radius 2 is 1.90 bits per heavy atom. The first-order valence-corrected chi connectivity index (χ1v) is 11.6. The zero-order chi connectivity index (χ0) is 21.4. The second kappa shape index (κ2) is 10.5. The normalized spacial score (nSPS) is 20.0. The van der Waals surface area contributed by atoms with E-state index in [9.17, 15) is 18.0 Å². The van der Waals surface area contributed by atoms with Gasteiger partial charge in [-0.2, -0.15) is 0 Å². The minimum Gasteiger partial charge on any atom is -0.356 e. The van der Waals surface area contributed by atoms with Crippen LogP contribution in [0.3, 0.4) is 0 Å². The van der Waals surface area contributed by atoms with Gasteiger partial charge in [-0.15, -0.1) is 0 Å². The highest BCUT2D eigenvalue weighted by Crippen LogP contribution is 2.23. The highest BCUT2D eigenvalue weighted by molar-refractivity contribution is 7.89. The Morgan fingerprint density at radius 3 is 2.52 bits per heavy atom. The quantitative estimate of drug-likeness (QED) is 0.497. The minimum absolute atomic E-state index is 0.0217. The summed E-state index contributed by atoms with van der Waals surface area (Å²) in [5.41, 5.74) is 0.729. The lowest BCUT2D eigenvalue weighted by Crippen LogP contribution is -2.49. The third-order valence-corrected chi connectivity index (χ3v) is 6.67. The summed E-state index contributed by atoms with van der Waals surface area (Å²) in [5, 5.41) is 2.96. The highest BCUT2D eigenvalue weighted by Gasteiger charge is 2.31. The number of amides is 2. The molecular weight excluding hydrogens is 390 g/mol. The second-order valence-corrected chi connectivity index (χ2v) is 9.25. The number of rotatable bonds is 8. The monoisotopic (exact) mass is 421 g/mol. The topological polar surface area (TPSA) is 95.6 Å². The first-order chi connectivity index (χ1) is 13.8. The van der Waals surface area contributed by atoms with Crippen LogP contribution in [0.5, 0.6) is 0 Å². The van der Waals surface area contributed by atoms with Crippen LogP contribution in [0.1, 0.15) is 45.1 Å². The predicted octanol–water partition coefficient (Wildman–Crippen LogP) is 2.15. The van der Waals surface area contributed by atoms with Gasteiger partial charge in [0.05, 0.1) is 10.8 Å². The number of nitrogens with one attached hydrogen (secondary N) is 2. The molecule has 1 aliphatic heterocycles. The van der Waals surface area contributed by atoms with Gasteiger partial charge in [0.1, 0.15) is 0 Å². The van der Waals surface area contributed by atoms with Crippen LogP contribution in [0.2, 0.25) is 0 Å². The standard InChI is InChI=1S/C21H31N3O4S/c1-4-5-14-23-21(26)18-10-6-16(2)24(15-18)20(25)13-9-17-7-11-19(12-8-17)29(27,28)22-3/h7-9,11-13,16,18,22H,4-6,10,14-15H2,1-3H3,(H,23,26). The molecule has 7 nitrogen and oxygen atoms in total. The van der Waals surface area contributed by atoms with E-state index in [0.717, 1.165) is 31.2 Å². The fraction of sp³-hybridized carbons (Fsp3) is 0.524. The first kappa shape index (κ1) is 23.1. The first-order valence-electron chi connectivity index (χ1n) is 10.1.